The fourth-order valence-electron chi connectivity index (χ4n) is 2.66. The van der Waals surface area contributed by atoms with Crippen LogP contribution in [0.2, 0.25) is 5.02 Å². The molecule has 1 heterocycles. The summed E-state index contributed by atoms with van der Waals surface area (Å²) in [6.07, 6.45) is 1.77. The summed E-state index contributed by atoms with van der Waals surface area (Å²) in [4.78, 5) is 16.2. The highest BCUT2D eigenvalue weighted by Gasteiger charge is 2.18. The first kappa shape index (κ1) is 18.5. The first-order valence-corrected chi connectivity index (χ1v) is 8.39. The Hall–Kier alpha value is -3.32. The van der Waals surface area contributed by atoms with E-state index in [-0.39, 0.29) is 17.1 Å². The van der Waals surface area contributed by atoms with Gasteiger partial charge in [0.25, 0.3) is 5.91 Å². The van der Waals surface area contributed by atoms with Gasteiger partial charge in [-0.3, -0.25) is 9.89 Å². The molecule has 0 saturated heterocycles. The Morgan fingerprint density at radius 3 is 2.85 bits per heavy atom. The van der Waals surface area contributed by atoms with Gasteiger partial charge in [0, 0.05) is 17.7 Å². The minimum absolute atomic E-state index is 0.00610. The summed E-state index contributed by atoms with van der Waals surface area (Å²) in [6.45, 7) is 0. The van der Waals surface area contributed by atoms with Crippen LogP contribution in [0.1, 0.15) is 27.2 Å². The second-order valence-electron chi connectivity index (χ2n) is 5.72. The van der Waals surface area contributed by atoms with Crippen molar-refractivity contribution in [2.24, 2.45) is 10.7 Å². The molecule has 2 aromatic carbocycles. The zero-order valence-corrected chi connectivity index (χ0v) is 15.2. The molecule has 0 aliphatic rings. The lowest BCUT2D eigenvalue weighted by Crippen LogP contribution is -2.13. The van der Waals surface area contributed by atoms with E-state index in [1.54, 1.807) is 24.3 Å². The Labute approximate surface area is 160 Å². The normalized spacial score (nSPS) is 11.0. The number of methoxy groups -OCH3 is 1. The van der Waals surface area contributed by atoms with Crippen LogP contribution in [-0.4, -0.2) is 34.5 Å². The molecule has 0 bridgehead atoms. The van der Waals surface area contributed by atoms with Crippen LogP contribution in [0.3, 0.4) is 0 Å². The highest BCUT2D eigenvalue weighted by Crippen LogP contribution is 2.27. The molecule has 0 radical (unpaired) electrons. The number of aromatic amines is 1. The average molecular weight is 385 g/mol. The summed E-state index contributed by atoms with van der Waals surface area (Å²) in [5.74, 6) is -0.0931. The number of hydrogen-bond donors (Lipinski definition) is 3. The average Bonchev–Trinajstić information content (AvgIpc) is 3.03. The van der Waals surface area contributed by atoms with E-state index in [4.69, 9.17) is 22.1 Å². The van der Waals surface area contributed by atoms with Crippen molar-refractivity contribution in [2.75, 3.05) is 7.11 Å². The van der Waals surface area contributed by atoms with E-state index in [2.05, 4.69) is 15.2 Å². The molecule has 0 spiro atoms. The maximum atomic E-state index is 12.0. The zero-order valence-electron chi connectivity index (χ0n) is 14.4. The predicted octanol–water partition coefficient (Wildman–Crippen LogP) is 3.22. The summed E-state index contributed by atoms with van der Waals surface area (Å²) >= 11 is 6.00. The topological polar surface area (TPSA) is 114 Å². The van der Waals surface area contributed by atoms with Crippen molar-refractivity contribution in [1.29, 1.82) is 0 Å². The van der Waals surface area contributed by atoms with Gasteiger partial charge in [-0.25, -0.2) is 4.99 Å². The van der Waals surface area contributed by atoms with Crippen LogP contribution in [-0.2, 0) is 6.42 Å². The van der Waals surface area contributed by atoms with Crippen LogP contribution in [0.5, 0.6) is 11.5 Å². The fraction of sp³-hybridized carbons (Fsp3) is 0.105. The number of primary amides is 1. The van der Waals surface area contributed by atoms with Gasteiger partial charge in [0.1, 0.15) is 17.1 Å². The first-order valence-electron chi connectivity index (χ1n) is 8.01. The molecule has 0 saturated carbocycles. The molecule has 1 amide bonds. The van der Waals surface area contributed by atoms with Gasteiger partial charge in [0.2, 0.25) is 0 Å². The third kappa shape index (κ3) is 4.09. The summed E-state index contributed by atoms with van der Waals surface area (Å²) in [6, 6.07) is 12.1. The molecule has 7 nitrogen and oxygen atoms in total. The number of carbonyl (C=O) groups is 1. The van der Waals surface area contributed by atoms with Gasteiger partial charge >= 0.3 is 0 Å². The molecule has 27 heavy (non-hydrogen) atoms. The summed E-state index contributed by atoms with van der Waals surface area (Å²) in [5, 5.41) is 17.5. The van der Waals surface area contributed by atoms with E-state index >= 15 is 0 Å². The second kappa shape index (κ2) is 7.92. The molecule has 138 valence electrons. The van der Waals surface area contributed by atoms with Crippen LogP contribution in [0.4, 0.5) is 5.82 Å². The minimum Gasteiger partial charge on any atom is -0.507 e. The van der Waals surface area contributed by atoms with E-state index in [0.29, 0.717) is 28.5 Å². The Balaban J connectivity index is 1.96. The van der Waals surface area contributed by atoms with Crippen molar-refractivity contribution in [3.63, 3.8) is 0 Å². The number of H-pyrrole nitrogens is 1. The maximum absolute atomic E-state index is 12.0. The predicted molar refractivity (Wildman–Crippen MR) is 103 cm³/mol. The van der Waals surface area contributed by atoms with Gasteiger partial charge in [-0.15, -0.1) is 0 Å². The number of nitrogens with one attached hydrogen (secondary N) is 1. The number of nitrogens with two attached hydrogens (primary N) is 1. The third-order valence-electron chi connectivity index (χ3n) is 3.92. The molecule has 0 fully saturated rings. The van der Waals surface area contributed by atoms with Crippen molar-refractivity contribution in [2.45, 2.75) is 6.42 Å². The number of hydrogen-bond acceptors (Lipinski definition) is 5. The maximum Gasteiger partial charge on any atom is 0.254 e. The smallest absolute Gasteiger partial charge is 0.254 e. The molecule has 1 aromatic heterocycles. The van der Waals surface area contributed by atoms with E-state index < -0.39 is 5.91 Å². The van der Waals surface area contributed by atoms with Crippen molar-refractivity contribution in [3.05, 3.63) is 69.9 Å². The Kier molecular flexibility index (Phi) is 5.42. The molecular formula is C19H17ClN4O3. The zero-order chi connectivity index (χ0) is 19.4. The van der Waals surface area contributed by atoms with Crippen LogP contribution < -0.4 is 10.5 Å². The lowest BCUT2D eigenvalue weighted by Gasteiger charge is -2.05. The third-order valence-corrected chi connectivity index (χ3v) is 4.15. The van der Waals surface area contributed by atoms with Gasteiger partial charge in [0.05, 0.1) is 18.4 Å². The highest BCUT2D eigenvalue weighted by molar-refractivity contribution is 6.30. The van der Waals surface area contributed by atoms with E-state index in [1.807, 2.05) is 12.1 Å². The molecular weight excluding hydrogens is 368 g/mol. The first-order chi connectivity index (χ1) is 13.0. The number of phenols is 1. The van der Waals surface area contributed by atoms with Gasteiger partial charge in [0.15, 0.2) is 5.82 Å². The summed E-state index contributed by atoms with van der Waals surface area (Å²) < 4.78 is 5.20. The summed E-state index contributed by atoms with van der Waals surface area (Å²) in [7, 11) is 1.48. The number of aliphatic imine (C=N–C) groups is 1. The van der Waals surface area contributed by atoms with E-state index in [0.717, 1.165) is 5.56 Å². The van der Waals surface area contributed by atoms with Crippen molar-refractivity contribution < 1.29 is 14.6 Å². The largest absolute Gasteiger partial charge is 0.507 e. The number of aromatic hydroxyl groups is 1. The molecule has 0 atom stereocenters. The van der Waals surface area contributed by atoms with E-state index in [1.165, 1.54) is 19.4 Å². The van der Waals surface area contributed by atoms with Crippen molar-refractivity contribution >= 4 is 29.5 Å². The number of rotatable bonds is 6. The number of ether oxygens (including phenoxy) is 1. The molecule has 0 unspecified atom stereocenters. The van der Waals surface area contributed by atoms with Gasteiger partial charge < -0.3 is 15.6 Å². The number of halogens is 1. The van der Waals surface area contributed by atoms with Crippen LogP contribution in [0.15, 0.2) is 47.5 Å². The number of carbonyl (C=O) groups excluding carboxylic acids is 1. The monoisotopic (exact) mass is 384 g/mol. The second-order valence-corrected chi connectivity index (χ2v) is 6.16. The number of amides is 1. The van der Waals surface area contributed by atoms with Gasteiger partial charge in [-0.05, 0) is 29.8 Å². The van der Waals surface area contributed by atoms with Gasteiger partial charge in [-0.2, -0.15) is 5.10 Å². The van der Waals surface area contributed by atoms with Crippen molar-refractivity contribution in [1.82, 2.24) is 10.2 Å². The van der Waals surface area contributed by atoms with E-state index in [9.17, 15) is 9.90 Å². The van der Waals surface area contributed by atoms with Gasteiger partial charge in [-0.1, -0.05) is 29.8 Å². The Morgan fingerprint density at radius 2 is 2.15 bits per heavy atom. The number of nitrogens with zero attached hydrogens (tertiary/aromatic N) is 2. The van der Waals surface area contributed by atoms with Crippen LogP contribution in [0.25, 0.3) is 0 Å². The molecule has 8 heteroatoms. The highest BCUT2D eigenvalue weighted by atomic mass is 35.5. The lowest BCUT2D eigenvalue weighted by atomic mass is 10.1. The molecule has 3 rings (SSSR count). The molecule has 4 N–H and O–H groups in total. The SMILES string of the molecule is COc1cccc(O)c1C=Nc1n[nH]c(Cc2cccc(Cl)c2)c1C(N)=O. The summed E-state index contributed by atoms with van der Waals surface area (Å²) in [5.41, 5.74) is 7.50. The molecule has 3 aromatic rings. The standard InChI is InChI=1S/C19H17ClN4O3/c1-27-16-7-3-6-15(25)13(16)10-22-19-17(18(21)26)14(23-24-19)9-11-4-2-5-12(20)8-11/h2-8,10,25H,9H2,1H3,(H2,21,26)(H,23,24). The number of aromatic nitrogens is 2. The van der Waals surface area contributed by atoms with Crippen molar-refractivity contribution in [3.8, 4) is 11.5 Å². The number of phenolic OH excluding ortho intramolecular Hbond substituents is 1. The quantitative estimate of drug-likeness (QED) is 0.566. The Morgan fingerprint density at radius 1 is 1.37 bits per heavy atom. The Bertz CT molecular complexity index is 1010. The molecule has 0 aliphatic heterocycles. The minimum atomic E-state index is -0.655. The molecule has 0 aliphatic carbocycles. The lowest BCUT2D eigenvalue weighted by molar-refractivity contribution is 0.100. The number of benzene rings is 2. The fourth-order valence-corrected chi connectivity index (χ4v) is 2.88. The van der Waals surface area contributed by atoms with Crippen LogP contribution in [0, 0.1) is 0 Å². The van der Waals surface area contributed by atoms with Crippen LogP contribution >= 0.6 is 11.6 Å².